The lowest BCUT2D eigenvalue weighted by atomic mass is 10.4. The van der Waals surface area contributed by atoms with Gasteiger partial charge in [-0.25, -0.2) is 0 Å². The molecule has 0 radical (unpaired) electrons. The molecule has 0 fully saturated rings. The van der Waals surface area contributed by atoms with Gasteiger partial charge in [0.25, 0.3) is 0 Å². The van der Waals surface area contributed by atoms with Crippen LogP contribution in [0.3, 0.4) is 0 Å². The molecule has 18 heavy (non-hydrogen) atoms. The van der Waals surface area contributed by atoms with E-state index in [0.29, 0.717) is 0 Å². The minimum Gasteiger partial charge on any atom is -0.328 e. The average Bonchev–Trinajstić information content (AvgIpc) is 2.19. The highest BCUT2D eigenvalue weighted by atomic mass is 28.3. The molecule has 0 rings (SSSR count). The first-order valence-corrected chi connectivity index (χ1v) is 13.5. The van der Waals surface area contributed by atoms with Gasteiger partial charge in [-0.05, 0) is 12.8 Å². The van der Waals surface area contributed by atoms with E-state index >= 15 is 0 Å². The molecule has 4 nitrogen and oxygen atoms in total. The lowest BCUT2D eigenvalue weighted by molar-refractivity contribution is 0.548. The number of nitrogens with zero attached hydrogens (tertiary/aromatic N) is 4. The van der Waals surface area contributed by atoms with E-state index in [1.165, 1.54) is 0 Å². The molecular weight excluding hydrogens is 256 g/mol. The summed E-state index contributed by atoms with van der Waals surface area (Å²) in [7, 11) is 1.59. The predicted molar refractivity (Wildman–Crippen MR) is 88.4 cm³/mol. The van der Waals surface area contributed by atoms with E-state index in [0.717, 1.165) is 12.8 Å². The van der Waals surface area contributed by atoms with Crippen LogP contribution in [0.4, 0.5) is 0 Å². The maximum atomic E-state index is 4.46. The molecule has 0 N–H and O–H groups in total. The van der Waals surface area contributed by atoms with Gasteiger partial charge in [-0.2, -0.15) is 10.2 Å². The molecule has 6 heteroatoms. The molecule has 0 heterocycles. The molecule has 0 aromatic carbocycles. The molecular formula is C12H30N4Si2. The summed E-state index contributed by atoms with van der Waals surface area (Å²) >= 11 is 0. The van der Waals surface area contributed by atoms with Gasteiger partial charge in [0.05, 0.1) is 0 Å². The van der Waals surface area contributed by atoms with Crippen molar-refractivity contribution < 1.29 is 0 Å². The second kappa shape index (κ2) is 7.08. The summed E-state index contributed by atoms with van der Waals surface area (Å²) in [6.45, 7) is 13.7. The molecule has 0 aromatic heterocycles. The van der Waals surface area contributed by atoms with Crippen LogP contribution in [0, 0.1) is 0 Å². The summed E-state index contributed by atoms with van der Waals surface area (Å²) in [5.74, 6) is 0. The van der Waals surface area contributed by atoms with E-state index in [-0.39, 0.29) is 0 Å². The zero-order chi connectivity index (χ0) is 14.4. The summed E-state index contributed by atoms with van der Waals surface area (Å²) in [6.07, 6.45) is 5.91. The van der Waals surface area contributed by atoms with E-state index in [4.69, 9.17) is 0 Å². The van der Waals surface area contributed by atoms with Gasteiger partial charge < -0.3 is 9.35 Å². The van der Waals surface area contributed by atoms with Gasteiger partial charge in [-0.3, -0.25) is 0 Å². The average molecular weight is 287 g/mol. The fourth-order valence-corrected chi connectivity index (χ4v) is 1.71. The molecule has 0 saturated carbocycles. The topological polar surface area (TPSA) is 31.2 Å². The van der Waals surface area contributed by atoms with Crippen molar-refractivity contribution in [1.82, 2.24) is 9.35 Å². The van der Waals surface area contributed by atoms with Crippen molar-refractivity contribution >= 4 is 28.9 Å². The third-order valence-corrected chi connectivity index (χ3v) is 6.99. The van der Waals surface area contributed by atoms with Crippen molar-refractivity contribution in [3.8, 4) is 0 Å². The van der Waals surface area contributed by atoms with Gasteiger partial charge in [0.2, 0.25) is 0 Å². The van der Waals surface area contributed by atoms with E-state index < -0.39 is 16.5 Å². The predicted octanol–water partition coefficient (Wildman–Crippen LogP) is 3.27. The lowest BCUT2D eigenvalue weighted by Crippen LogP contribution is -2.39. The monoisotopic (exact) mass is 286 g/mol. The molecule has 0 spiro atoms. The largest absolute Gasteiger partial charge is 0.328 e. The van der Waals surface area contributed by atoms with Gasteiger partial charge in [0.1, 0.15) is 0 Å². The molecule has 106 valence electrons. The summed E-state index contributed by atoms with van der Waals surface area (Å²) in [4.78, 5) is 0. The van der Waals surface area contributed by atoms with Crippen LogP contribution in [0.1, 0.15) is 12.8 Å². The van der Waals surface area contributed by atoms with Crippen molar-refractivity contribution in [2.45, 2.75) is 52.1 Å². The number of hydrogen-bond acceptors (Lipinski definition) is 4. The van der Waals surface area contributed by atoms with Gasteiger partial charge in [-0.1, -0.05) is 39.3 Å². The normalized spacial score (nSPS) is 13.6. The highest BCUT2D eigenvalue weighted by Gasteiger charge is 2.18. The Hall–Kier alpha value is -0.626. The minimum absolute atomic E-state index is 0.956. The third kappa shape index (κ3) is 7.65. The maximum absolute atomic E-state index is 4.46. The minimum atomic E-state index is -1.27. The molecule has 0 aliphatic carbocycles. The Bertz CT molecular complexity index is 259. The van der Waals surface area contributed by atoms with Crippen molar-refractivity contribution in [3.63, 3.8) is 0 Å². The number of hydrazone groups is 2. The Kier molecular flexibility index (Phi) is 6.84. The first kappa shape index (κ1) is 17.4. The van der Waals surface area contributed by atoms with Gasteiger partial charge in [0, 0.05) is 26.5 Å². The van der Waals surface area contributed by atoms with Crippen LogP contribution >= 0.6 is 0 Å². The Labute approximate surface area is 115 Å². The summed E-state index contributed by atoms with van der Waals surface area (Å²) in [5.41, 5.74) is 0. The SMILES string of the molecule is CN(N=CCCC=NN(C)[Si](C)(C)C)[Si](C)(C)C. The fraction of sp³-hybridized carbons (Fsp3) is 0.833. The van der Waals surface area contributed by atoms with Gasteiger partial charge in [-0.15, -0.1) is 0 Å². The Morgan fingerprint density at radius 2 is 1.00 bits per heavy atom. The Balaban J connectivity index is 3.94. The molecule has 0 aliphatic heterocycles. The zero-order valence-electron chi connectivity index (χ0n) is 13.4. The van der Waals surface area contributed by atoms with Gasteiger partial charge in [0.15, 0.2) is 16.5 Å². The first-order valence-electron chi connectivity index (χ1n) is 6.57. The van der Waals surface area contributed by atoms with Crippen LogP contribution in [0.25, 0.3) is 0 Å². The summed E-state index contributed by atoms with van der Waals surface area (Å²) < 4.78 is 4.25. The van der Waals surface area contributed by atoms with Crippen molar-refractivity contribution in [1.29, 1.82) is 0 Å². The molecule has 0 saturated heterocycles. The van der Waals surface area contributed by atoms with Gasteiger partial charge >= 0.3 is 0 Å². The van der Waals surface area contributed by atoms with Crippen LogP contribution in [0.15, 0.2) is 10.2 Å². The zero-order valence-corrected chi connectivity index (χ0v) is 15.4. The summed E-state index contributed by atoms with van der Waals surface area (Å²) in [6, 6.07) is 0. The van der Waals surface area contributed by atoms with E-state index in [1.807, 2.05) is 12.4 Å². The van der Waals surface area contributed by atoms with Crippen LogP contribution in [-0.4, -0.2) is 52.3 Å². The third-order valence-electron chi connectivity index (χ3n) is 2.88. The molecule has 0 bridgehead atoms. The summed E-state index contributed by atoms with van der Waals surface area (Å²) in [5, 5.41) is 8.93. The van der Waals surface area contributed by atoms with Crippen LogP contribution < -0.4 is 0 Å². The smallest absolute Gasteiger partial charge is 0.168 e. The van der Waals surface area contributed by atoms with E-state index in [1.54, 1.807) is 0 Å². The second-order valence-electron chi connectivity index (χ2n) is 6.56. The molecule has 0 aromatic rings. The fourth-order valence-electron chi connectivity index (χ4n) is 0.856. The molecule has 0 aliphatic rings. The standard InChI is InChI=1S/C12H30N4Si2/c1-15(17(3,4)5)13-11-9-10-12-14-16(2)18(6,7)8/h11-12H,9-10H2,1-8H3. The molecule has 0 atom stereocenters. The van der Waals surface area contributed by atoms with Crippen molar-refractivity contribution in [2.24, 2.45) is 10.2 Å². The Morgan fingerprint density at radius 1 is 0.722 bits per heavy atom. The van der Waals surface area contributed by atoms with Crippen molar-refractivity contribution in [2.75, 3.05) is 14.1 Å². The van der Waals surface area contributed by atoms with E-state index in [9.17, 15) is 0 Å². The second-order valence-corrected chi connectivity index (χ2v) is 16.5. The maximum Gasteiger partial charge on any atom is 0.168 e. The highest BCUT2D eigenvalue weighted by molar-refractivity contribution is 6.73. The number of unbranched alkanes of at least 4 members (excludes halogenated alkanes) is 1. The lowest BCUT2D eigenvalue weighted by Gasteiger charge is -2.27. The van der Waals surface area contributed by atoms with Crippen LogP contribution in [-0.2, 0) is 0 Å². The quantitative estimate of drug-likeness (QED) is 0.311. The highest BCUT2D eigenvalue weighted by Crippen LogP contribution is 2.07. The molecule has 0 amide bonds. The number of rotatable bonds is 7. The van der Waals surface area contributed by atoms with Crippen LogP contribution in [0.5, 0.6) is 0 Å². The van der Waals surface area contributed by atoms with Crippen LogP contribution in [0.2, 0.25) is 39.3 Å². The first-order chi connectivity index (χ1) is 8.05. The number of hydrogen-bond donors (Lipinski definition) is 0. The van der Waals surface area contributed by atoms with E-state index in [2.05, 4.69) is 72.9 Å². The molecule has 0 unspecified atom stereocenters. The van der Waals surface area contributed by atoms with Crippen molar-refractivity contribution in [3.05, 3.63) is 0 Å². The Morgan fingerprint density at radius 3 is 1.22 bits per heavy atom.